The molecule has 0 aliphatic heterocycles. The van der Waals surface area contributed by atoms with Crippen LogP contribution in [-0.4, -0.2) is 16.2 Å². The Bertz CT molecular complexity index is 479. The van der Waals surface area contributed by atoms with Crippen LogP contribution in [0.5, 0.6) is 0 Å². The molecule has 1 unspecified atom stereocenters. The third-order valence-corrected chi connectivity index (χ3v) is 2.31. The van der Waals surface area contributed by atoms with Crippen LogP contribution in [0.25, 0.3) is 0 Å². The van der Waals surface area contributed by atoms with Gasteiger partial charge in [-0.2, -0.15) is 4.39 Å². The topological polar surface area (TPSA) is 89.7 Å². The Hall–Kier alpha value is -1.89. The van der Waals surface area contributed by atoms with Gasteiger partial charge >= 0.3 is 11.8 Å². The number of nitro benzene ring substituents is 1. The number of nitro groups is 1. The van der Waals surface area contributed by atoms with E-state index in [1.54, 1.807) is 0 Å². The van der Waals surface area contributed by atoms with E-state index in [1.165, 1.54) is 6.92 Å². The first kappa shape index (κ1) is 13.2. The Kier molecular flexibility index (Phi) is 3.84. The fourth-order valence-corrected chi connectivity index (χ4v) is 1.52. The van der Waals surface area contributed by atoms with Gasteiger partial charge in [-0.15, -0.1) is 0 Å². The summed E-state index contributed by atoms with van der Waals surface area (Å²) in [4.78, 5) is 19.9. The van der Waals surface area contributed by atoms with Crippen molar-refractivity contribution in [1.29, 1.82) is 0 Å². The fraction of sp³-hybridized carbons (Fsp3) is 0.222. The Morgan fingerprint density at radius 1 is 1.65 bits per heavy atom. The molecule has 0 radical (unpaired) electrons. The van der Waals surface area contributed by atoms with Gasteiger partial charge in [-0.05, 0) is 6.92 Å². The molecule has 0 saturated carbocycles. The minimum Gasteiger partial charge on any atom is -0.450 e. The van der Waals surface area contributed by atoms with E-state index in [4.69, 9.17) is 16.7 Å². The minimum atomic E-state index is -1.56. The summed E-state index contributed by atoms with van der Waals surface area (Å²) in [6.45, 7) is 1.33. The molecule has 17 heavy (non-hydrogen) atoms. The summed E-state index contributed by atoms with van der Waals surface area (Å²) in [7, 11) is 0. The first-order chi connectivity index (χ1) is 7.82. The predicted octanol–water partition coefficient (Wildman–Crippen LogP) is 3.14. The molecule has 92 valence electrons. The molecular formula is C9H7ClFNO5. The summed E-state index contributed by atoms with van der Waals surface area (Å²) in [5.41, 5.74) is -0.757. The summed E-state index contributed by atoms with van der Waals surface area (Å²) in [6, 6.07) is 1.60. The molecule has 1 aromatic rings. The van der Waals surface area contributed by atoms with Gasteiger partial charge in [0.1, 0.15) is 6.10 Å². The highest BCUT2D eigenvalue weighted by Crippen LogP contribution is 2.31. The number of ether oxygens (including phenoxy) is 1. The molecule has 1 rings (SSSR count). The lowest BCUT2D eigenvalue weighted by Crippen LogP contribution is -2.07. The van der Waals surface area contributed by atoms with E-state index in [9.17, 15) is 19.3 Å². The van der Waals surface area contributed by atoms with Crippen LogP contribution in [0, 0.1) is 15.9 Å². The first-order valence-electron chi connectivity index (χ1n) is 4.36. The fourth-order valence-electron chi connectivity index (χ4n) is 1.22. The van der Waals surface area contributed by atoms with Gasteiger partial charge in [0, 0.05) is 17.7 Å². The number of rotatable bonds is 3. The van der Waals surface area contributed by atoms with Crippen molar-refractivity contribution < 1.29 is 24.0 Å². The molecule has 0 amide bonds. The average Bonchev–Trinajstić information content (AvgIpc) is 2.15. The first-order valence-corrected chi connectivity index (χ1v) is 4.73. The Labute approximate surface area is 99.7 Å². The number of carboxylic acid groups (broad SMARTS) is 1. The van der Waals surface area contributed by atoms with Crippen molar-refractivity contribution in [3.8, 4) is 0 Å². The summed E-state index contributed by atoms with van der Waals surface area (Å²) in [5.74, 6) is -1.09. The predicted molar refractivity (Wildman–Crippen MR) is 55.6 cm³/mol. The molecule has 0 bridgehead atoms. The van der Waals surface area contributed by atoms with Crippen LogP contribution < -0.4 is 0 Å². The second-order valence-corrected chi connectivity index (χ2v) is 3.52. The zero-order chi connectivity index (χ0) is 13.2. The lowest BCUT2D eigenvalue weighted by atomic mass is 10.1. The lowest BCUT2D eigenvalue weighted by Gasteiger charge is -2.12. The van der Waals surface area contributed by atoms with Crippen molar-refractivity contribution in [3.05, 3.63) is 38.7 Å². The molecule has 1 atom stereocenters. The van der Waals surface area contributed by atoms with Crippen LogP contribution >= 0.6 is 11.6 Å². The molecular weight excluding hydrogens is 257 g/mol. The number of hydrogen-bond donors (Lipinski definition) is 1. The van der Waals surface area contributed by atoms with Crippen molar-refractivity contribution in [2.75, 3.05) is 0 Å². The molecule has 0 heterocycles. The number of hydrogen-bond acceptors (Lipinski definition) is 4. The van der Waals surface area contributed by atoms with Crippen LogP contribution in [0.3, 0.4) is 0 Å². The Morgan fingerprint density at radius 2 is 2.24 bits per heavy atom. The van der Waals surface area contributed by atoms with Gasteiger partial charge in [-0.1, -0.05) is 11.6 Å². The molecule has 0 fully saturated rings. The van der Waals surface area contributed by atoms with Gasteiger partial charge < -0.3 is 9.84 Å². The number of carbonyl (C=O) groups is 1. The maximum absolute atomic E-state index is 13.1. The van der Waals surface area contributed by atoms with E-state index >= 15 is 0 Å². The van der Waals surface area contributed by atoms with Gasteiger partial charge in [0.2, 0.25) is 5.82 Å². The number of nitrogens with zero attached hydrogens (tertiary/aromatic N) is 1. The van der Waals surface area contributed by atoms with Gasteiger partial charge in [0.15, 0.2) is 0 Å². The standard InChI is InChI=1S/C9H7ClFNO5/c1-4(17-9(13)14)5-2-8(12(15)16)7(11)3-6(5)10/h2-4H,1H3,(H,13,14). The van der Waals surface area contributed by atoms with E-state index in [0.29, 0.717) is 0 Å². The Balaban J connectivity index is 3.19. The summed E-state index contributed by atoms with van der Waals surface area (Å²) in [5, 5.41) is 18.8. The van der Waals surface area contributed by atoms with Crippen LogP contribution in [0.4, 0.5) is 14.9 Å². The second kappa shape index (κ2) is 4.96. The number of benzene rings is 1. The van der Waals surface area contributed by atoms with Crippen molar-refractivity contribution in [1.82, 2.24) is 0 Å². The van der Waals surface area contributed by atoms with E-state index in [0.717, 1.165) is 12.1 Å². The summed E-state index contributed by atoms with van der Waals surface area (Å²) >= 11 is 5.65. The highest BCUT2D eigenvalue weighted by molar-refractivity contribution is 6.31. The largest absolute Gasteiger partial charge is 0.506 e. The molecule has 1 aromatic carbocycles. The zero-order valence-corrected chi connectivity index (χ0v) is 9.27. The maximum atomic E-state index is 13.1. The Morgan fingerprint density at radius 3 is 2.71 bits per heavy atom. The van der Waals surface area contributed by atoms with Crippen LogP contribution in [0.15, 0.2) is 12.1 Å². The van der Waals surface area contributed by atoms with Gasteiger partial charge in [0.05, 0.1) is 9.95 Å². The average molecular weight is 264 g/mol. The van der Waals surface area contributed by atoms with E-state index in [2.05, 4.69) is 4.74 Å². The maximum Gasteiger partial charge on any atom is 0.506 e. The third kappa shape index (κ3) is 3.04. The lowest BCUT2D eigenvalue weighted by molar-refractivity contribution is -0.387. The van der Waals surface area contributed by atoms with Crippen LogP contribution in [-0.2, 0) is 4.74 Å². The highest BCUT2D eigenvalue weighted by Gasteiger charge is 2.22. The summed E-state index contributed by atoms with van der Waals surface area (Å²) < 4.78 is 17.5. The van der Waals surface area contributed by atoms with Crippen molar-refractivity contribution in [2.45, 2.75) is 13.0 Å². The smallest absolute Gasteiger partial charge is 0.450 e. The number of halogens is 2. The molecule has 0 saturated heterocycles. The van der Waals surface area contributed by atoms with E-state index < -0.39 is 28.7 Å². The third-order valence-electron chi connectivity index (χ3n) is 1.98. The quantitative estimate of drug-likeness (QED) is 0.514. The second-order valence-electron chi connectivity index (χ2n) is 3.11. The molecule has 0 aromatic heterocycles. The van der Waals surface area contributed by atoms with Crippen LogP contribution in [0.1, 0.15) is 18.6 Å². The zero-order valence-electron chi connectivity index (χ0n) is 8.52. The molecule has 8 heteroatoms. The van der Waals surface area contributed by atoms with Gasteiger partial charge in [-0.3, -0.25) is 10.1 Å². The normalized spacial score (nSPS) is 11.9. The molecule has 1 N–H and O–H groups in total. The SMILES string of the molecule is CC(OC(=O)O)c1cc([N+](=O)[O-])c(F)cc1Cl. The van der Waals surface area contributed by atoms with Gasteiger partial charge in [0.25, 0.3) is 0 Å². The molecule has 0 aliphatic carbocycles. The molecule has 0 aliphatic rings. The molecule has 0 spiro atoms. The van der Waals surface area contributed by atoms with Gasteiger partial charge in [-0.25, -0.2) is 4.79 Å². The van der Waals surface area contributed by atoms with Crippen molar-refractivity contribution >= 4 is 23.4 Å². The van der Waals surface area contributed by atoms with E-state index in [1.807, 2.05) is 0 Å². The highest BCUT2D eigenvalue weighted by atomic mass is 35.5. The van der Waals surface area contributed by atoms with Crippen molar-refractivity contribution in [2.24, 2.45) is 0 Å². The monoisotopic (exact) mass is 263 g/mol. The minimum absolute atomic E-state index is 0.0298. The van der Waals surface area contributed by atoms with Crippen LogP contribution in [0.2, 0.25) is 5.02 Å². The molecule has 6 nitrogen and oxygen atoms in total. The van der Waals surface area contributed by atoms with E-state index in [-0.39, 0.29) is 10.6 Å². The summed E-state index contributed by atoms with van der Waals surface area (Å²) in [6.07, 6.45) is -2.58. The van der Waals surface area contributed by atoms with Crippen molar-refractivity contribution in [3.63, 3.8) is 0 Å².